The molecule has 1 aliphatic heterocycles. The Labute approximate surface area is 96.4 Å². The van der Waals surface area contributed by atoms with E-state index in [0.29, 0.717) is 12.0 Å². The van der Waals surface area contributed by atoms with Crippen LogP contribution in [0.5, 0.6) is 0 Å². The quantitative estimate of drug-likeness (QED) is 0.831. The predicted octanol–water partition coefficient (Wildman–Crippen LogP) is 2.62. The maximum Gasteiger partial charge on any atom is 0.0162 e. The van der Waals surface area contributed by atoms with Gasteiger partial charge >= 0.3 is 0 Å². The minimum Gasteiger partial charge on any atom is -0.327 e. The van der Waals surface area contributed by atoms with Crippen molar-refractivity contribution in [3.8, 4) is 0 Å². The topological polar surface area (TPSA) is 26.0 Å². The first-order chi connectivity index (χ1) is 7.25. The summed E-state index contributed by atoms with van der Waals surface area (Å²) in [5.74, 6) is 3.11. The molecule has 82 valence electrons. The third-order valence-corrected chi connectivity index (χ3v) is 4.31. The molecule has 1 aliphatic rings. The van der Waals surface area contributed by atoms with Gasteiger partial charge < -0.3 is 5.73 Å². The summed E-state index contributed by atoms with van der Waals surface area (Å²) in [5.41, 5.74) is 8.91. The van der Waals surface area contributed by atoms with E-state index in [2.05, 4.69) is 31.2 Å². The molecule has 1 heterocycles. The Bertz CT molecular complexity index is 307. The Morgan fingerprint density at radius 1 is 1.33 bits per heavy atom. The van der Waals surface area contributed by atoms with Gasteiger partial charge in [-0.1, -0.05) is 29.8 Å². The van der Waals surface area contributed by atoms with Crippen molar-refractivity contribution < 1.29 is 0 Å². The second-order valence-corrected chi connectivity index (χ2v) is 5.63. The van der Waals surface area contributed by atoms with E-state index < -0.39 is 0 Å². The molecule has 2 rings (SSSR count). The lowest BCUT2D eigenvalue weighted by Gasteiger charge is -2.28. The molecule has 0 spiro atoms. The molecule has 1 saturated heterocycles. The van der Waals surface area contributed by atoms with Crippen LogP contribution < -0.4 is 5.73 Å². The van der Waals surface area contributed by atoms with E-state index in [-0.39, 0.29) is 0 Å². The summed E-state index contributed by atoms with van der Waals surface area (Å²) in [6.07, 6.45) is 2.43. The van der Waals surface area contributed by atoms with Crippen molar-refractivity contribution >= 4 is 11.8 Å². The highest BCUT2D eigenvalue weighted by atomic mass is 32.2. The zero-order valence-corrected chi connectivity index (χ0v) is 10.1. The number of hydrogen-bond donors (Lipinski definition) is 1. The van der Waals surface area contributed by atoms with Crippen molar-refractivity contribution in [2.45, 2.75) is 25.8 Å². The van der Waals surface area contributed by atoms with E-state index in [4.69, 9.17) is 5.73 Å². The summed E-state index contributed by atoms with van der Waals surface area (Å²) >= 11 is 1.99. The molecular weight excluding hydrogens is 202 g/mol. The fraction of sp³-hybridized carbons (Fsp3) is 0.538. The second kappa shape index (κ2) is 5.04. The fourth-order valence-electron chi connectivity index (χ4n) is 2.08. The number of thioether (sulfide) groups is 1. The van der Waals surface area contributed by atoms with Gasteiger partial charge in [-0.05, 0) is 37.0 Å². The summed E-state index contributed by atoms with van der Waals surface area (Å²) in [7, 11) is 0. The van der Waals surface area contributed by atoms with E-state index >= 15 is 0 Å². The highest BCUT2D eigenvalue weighted by Gasteiger charge is 2.21. The van der Waals surface area contributed by atoms with Crippen molar-refractivity contribution in [3.05, 3.63) is 35.4 Å². The second-order valence-electron chi connectivity index (χ2n) is 4.48. The van der Waals surface area contributed by atoms with Crippen molar-refractivity contribution in [2.24, 2.45) is 11.7 Å². The Morgan fingerprint density at radius 2 is 2.07 bits per heavy atom. The van der Waals surface area contributed by atoms with Crippen LogP contribution in [-0.4, -0.2) is 17.5 Å². The average molecular weight is 221 g/mol. The van der Waals surface area contributed by atoms with Gasteiger partial charge in [0.2, 0.25) is 0 Å². The molecule has 1 aromatic rings. The first-order valence-electron chi connectivity index (χ1n) is 5.64. The van der Waals surface area contributed by atoms with E-state index in [1.165, 1.54) is 23.3 Å². The molecule has 2 N–H and O–H groups in total. The Hall–Kier alpha value is -0.470. The molecule has 15 heavy (non-hydrogen) atoms. The highest BCUT2D eigenvalue weighted by molar-refractivity contribution is 7.99. The monoisotopic (exact) mass is 221 g/mol. The fourth-order valence-corrected chi connectivity index (χ4v) is 3.27. The molecule has 1 fully saturated rings. The third-order valence-electron chi connectivity index (χ3n) is 3.17. The standard InChI is InChI=1S/C13H19NS/c1-10-2-4-11(5-3-10)8-12-6-7-15-9-13(12)14/h2-5,12-13H,6-9,14H2,1H3. The highest BCUT2D eigenvalue weighted by Crippen LogP contribution is 2.25. The summed E-state index contributed by atoms with van der Waals surface area (Å²) in [6.45, 7) is 2.13. The normalized spacial score (nSPS) is 26.5. The van der Waals surface area contributed by atoms with E-state index in [0.717, 1.165) is 12.2 Å². The van der Waals surface area contributed by atoms with Gasteiger partial charge in [0.25, 0.3) is 0 Å². The maximum atomic E-state index is 6.14. The molecular formula is C13H19NS. The molecule has 2 atom stereocenters. The molecule has 0 bridgehead atoms. The van der Waals surface area contributed by atoms with Gasteiger partial charge in [0.05, 0.1) is 0 Å². The average Bonchev–Trinajstić information content (AvgIpc) is 2.25. The van der Waals surface area contributed by atoms with Crippen LogP contribution in [0, 0.1) is 12.8 Å². The predicted molar refractivity (Wildman–Crippen MR) is 68.3 cm³/mol. The lowest BCUT2D eigenvalue weighted by Crippen LogP contribution is -2.37. The molecule has 0 amide bonds. The van der Waals surface area contributed by atoms with Crippen LogP contribution in [0.4, 0.5) is 0 Å². The van der Waals surface area contributed by atoms with Crippen LogP contribution >= 0.6 is 11.8 Å². The van der Waals surface area contributed by atoms with Crippen molar-refractivity contribution in [3.63, 3.8) is 0 Å². The smallest absolute Gasteiger partial charge is 0.0162 e. The van der Waals surface area contributed by atoms with Crippen LogP contribution in [0.3, 0.4) is 0 Å². The number of benzene rings is 1. The number of hydrogen-bond acceptors (Lipinski definition) is 2. The maximum absolute atomic E-state index is 6.14. The minimum atomic E-state index is 0.394. The summed E-state index contributed by atoms with van der Waals surface area (Å²) in [4.78, 5) is 0. The van der Waals surface area contributed by atoms with Gasteiger partial charge in [0.15, 0.2) is 0 Å². The summed E-state index contributed by atoms with van der Waals surface area (Å²) in [5, 5.41) is 0. The van der Waals surface area contributed by atoms with Gasteiger partial charge in [-0.15, -0.1) is 0 Å². The van der Waals surface area contributed by atoms with Crippen LogP contribution in [0.15, 0.2) is 24.3 Å². The van der Waals surface area contributed by atoms with E-state index in [1.807, 2.05) is 11.8 Å². The number of rotatable bonds is 2. The van der Waals surface area contributed by atoms with Crippen LogP contribution in [-0.2, 0) is 6.42 Å². The first-order valence-corrected chi connectivity index (χ1v) is 6.80. The lowest BCUT2D eigenvalue weighted by molar-refractivity contribution is 0.425. The van der Waals surface area contributed by atoms with Crippen LogP contribution in [0.1, 0.15) is 17.5 Å². The summed E-state index contributed by atoms with van der Waals surface area (Å²) < 4.78 is 0. The third kappa shape index (κ3) is 2.99. The van der Waals surface area contributed by atoms with Crippen LogP contribution in [0.25, 0.3) is 0 Å². The van der Waals surface area contributed by atoms with Crippen molar-refractivity contribution in [1.82, 2.24) is 0 Å². The number of nitrogens with two attached hydrogens (primary N) is 1. The zero-order valence-electron chi connectivity index (χ0n) is 9.28. The molecule has 2 unspecified atom stereocenters. The lowest BCUT2D eigenvalue weighted by atomic mass is 9.90. The molecule has 0 aromatic heterocycles. The Kier molecular flexibility index (Phi) is 3.71. The van der Waals surface area contributed by atoms with Crippen molar-refractivity contribution in [2.75, 3.05) is 11.5 Å². The number of aryl methyl sites for hydroxylation is 1. The van der Waals surface area contributed by atoms with Gasteiger partial charge in [-0.25, -0.2) is 0 Å². The Balaban J connectivity index is 1.98. The minimum absolute atomic E-state index is 0.394. The zero-order chi connectivity index (χ0) is 10.7. The molecule has 2 heteroatoms. The molecule has 1 aromatic carbocycles. The van der Waals surface area contributed by atoms with E-state index in [1.54, 1.807) is 0 Å². The molecule has 0 saturated carbocycles. The Morgan fingerprint density at radius 3 is 2.73 bits per heavy atom. The molecule has 0 aliphatic carbocycles. The van der Waals surface area contributed by atoms with Gasteiger partial charge in [0.1, 0.15) is 0 Å². The molecule has 1 nitrogen and oxygen atoms in total. The van der Waals surface area contributed by atoms with Crippen LogP contribution in [0.2, 0.25) is 0 Å². The van der Waals surface area contributed by atoms with E-state index in [9.17, 15) is 0 Å². The molecule has 0 radical (unpaired) electrons. The largest absolute Gasteiger partial charge is 0.327 e. The van der Waals surface area contributed by atoms with Gasteiger partial charge in [-0.2, -0.15) is 11.8 Å². The summed E-state index contributed by atoms with van der Waals surface area (Å²) in [6, 6.07) is 9.26. The SMILES string of the molecule is Cc1ccc(CC2CCSCC2N)cc1. The van der Waals surface area contributed by atoms with Crippen molar-refractivity contribution in [1.29, 1.82) is 0 Å². The first kappa shape index (κ1) is 11.0. The van der Waals surface area contributed by atoms with Gasteiger partial charge in [0, 0.05) is 11.8 Å². The van der Waals surface area contributed by atoms with Gasteiger partial charge in [-0.3, -0.25) is 0 Å².